The summed E-state index contributed by atoms with van der Waals surface area (Å²) in [4.78, 5) is 41.9. The van der Waals surface area contributed by atoms with Gasteiger partial charge >= 0.3 is 11.9 Å². The Kier molecular flexibility index (Phi) is 48.6. The highest BCUT2D eigenvalue weighted by atomic mass is 16.5. The Labute approximate surface area is 412 Å². The van der Waals surface area contributed by atoms with E-state index in [0.717, 1.165) is 90.1 Å². The van der Waals surface area contributed by atoms with Gasteiger partial charge in [0.25, 0.3) is 0 Å². The van der Waals surface area contributed by atoms with Gasteiger partial charge in [0.1, 0.15) is 0 Å². The molecule has 0 saturated carbocycles. The van der Waals surface area contributed by atoms with Crippen molar-refractivity contribution in [2.24, 2.45) is 17.8 Å². The predicted molar refractivity (Wildman–Crippen MR) is 285 cm³/mol. The van der Waals surface area contributed by atoms with Crippen molar-refractivity contribution < 1.29 is 23.9 Å². The average Bonchev–Trinajstić information content (AvgIpc) is 3.32. The zero-order valence-corrected chi connectivity index (χ0v) is 45.6. The summed E-state index contributed by atoms with van der Waals surface area (Å²) in [5, 5.41) is 3.27. The van der Waals surface area contributed by atoms with E-state index in [1.165, 1.54) is 167 Å². The molecule has 0 aliphatic carbocycles. The zero-order chi connectivity index (χ0) is 48.6. The van der Waals surface area contributed by atoms with E-state index >= 15 is 0 Å². The fraction of sp³-hybridized carbons (Fsp3) is 0.949. The van der Waals surface area contributed by atoms with Gasteiger partial charge in [-0.15, -0.1) is 0 Å². The molecule has 0 saturated heterocycles. The molecule has 392 valence electrons. The minimum absolute atomic E-state index is 0.00522. The van der Waals surface area contributed by atoms with Crippen LogP contribution in [0.1, 0.15) is 305 Å². The molecule has 0 rings (SSSR count). The second-order valence-electron chi connectivity index (χ2n) is 20.8. The number of unbranched alkanes of at least 4 members (excludes halogenated alkanes) is 21. The molecule has 66 heavy (non-hydrogen) atoms. The maximum Gasteiger partial charge on any atom is 0.305 e. The van der Waals surface area contributed by atoms with Crippen LogP contribution in [0.5, 0.6) is 0 Å². The summed E-state index contributed by atoms with van der Waals surface area (Å²) < 4.78 is 11.6. The Morgan fingerprint density at radius 1 is 0.379 bits per heavy atom. The second kappa shape index (κ2) is 49.8. The molecule has 7 heteroatoms. The fourth-order valence-electron chi connectivity index (χ4n) is 9.83. The van der Waals surface area contributed by atoms with Gasteiger partial charge in [0, 0.05) is 31.8 Å². The number of amides is 1. The first-order valence-corrected chi connectivity index (χ1v) is 29.5. The number of nitrogens with one attached hydrogen (secondary N) is 1. The molecule has 0 bridgehead atoms. The molecule has 0 fully saturated rings. The van der Waals surface area contributed by atoms with E-state index in [0.29, 0.717) is 62.2 Å². The van der Waals surface area contributed by atoms with E-state index in [2.05, 4.69) is 51.8 Å². The van der Waals surface area contributed by atoms with Crippen LogP contribution >= 0.6 is 0 Å². The third kappa shape index (κ3) is 40.3. The van der Waals surface area contributed by atoms with Crippen LogP contribution < -0.4 is 5.32 Å². The fourth-order valence-corrected chi connectivity index (χ4v) is 9.83. The zero-order valence-electron chi connectivity index (χ0n) is 45.6. The largest absolute Gasteiger partial charge is 0.465 e. The van der Waals surface area contributed by atoms with Crippen molar-refractivity contribution >= 4 is 17.8 Å². The van der Waals surface area contributed by atoms with Crippen LogP contribution in [-0.2, 0) is 23.9 Å². The summed E-state index contributed by atoms with van der Waals surface area (Å²) in [7, 11) is 2.00. The van der Waals surface area contributed by atoms with Gasteiger partial charge in [-0.3, -0.25) is 14.4 Å². The summed E-state index contributed by atoms with van der Waals surface area (Å²) in [5.41, 5.74) is 0. The Hall–Kier alpha value is -1.63. The molecule has 1 amide bonds. The van der Waals surface area contributed by atoms with E-state index in [9.17, 15) is 14.4 Å². The SMILES string of the molecule is CCCCCCC(CCCC)COC(=O)CCCCCCCCC(CCCCCCCCC(=O)OCC(CCCC)CCCCCC)N(CC(CCCC)CCCC)C(=O)CCCCNC. The molecule has 7 nitrogen and oxygen atoms in total. The van der Waals surface area contributed by atoms with Crippen molar-refractivity contribution in [3.05, 3.63) is 0 Å². The van der Waals surface area contributed by atoms with E-state index < -0.39 is 0 Å². The van der Waals surface area contributed by atoms with Crippen LogP contribution in [-0.4, -0.2) is 62.1 Å². The lowest BCUT2D eigenvalue weighted by atomic mass is 9.92. The monoisotopic (exact) mass is 933 g/mol. The molecule has 0 aromatic carbocycles. The third-order valence-corrected chi connectivity index (χ3v) is 14.4. The Morgan fingerprint density at radius 2 is 0.712 bits per heavy atom. The third-order valence-electron chi connectivity index (χ3n) is 14.4. The number of nitrogens with zero attached hydrogens (tertiary/aromatic N) is 1. The molecule has 0 radical (unpaired) electrons. The van der Waals surface area contributed by atoms with Gasteiger partial charge in [-0.2, -0.15) is 0 Å². The number of esters is 2. The van der Waals surface area contributed by atoms with Crippen LogP contribution in [0.2, 0.25) is 0 Å². The smallest absolute Gasteiger partial charge is 0.305 e. The molecular weight excluding hydrogens is 817 g/mol. The van der Waals surface area contributed by atoms with Crippen LogP contribution in [0.3, 0.4) is 0 Å². The van der Waals surface area contributed by atoms with Crippen molar-refractivity contribution in [2.75, 3.05) is 33.4 Å². The van der Waals surface area contributed by atoms with Crippen molar-refractivity contribution in [2.45, 2.75) is 311 Å². The highest BCUT2D eigenvalue weighted by Gasteiger charge is 2.26. The van der Waals surface area contributed by atoms with Crippen LogP contribution in [0.25, 0.3) is 0 Å². The lowest BCUT2D eigenvalue weighted by Crippen LogP contribution is -2.43. The number of carbonyl (C=O) groups is 3. The first-order chi connectivity index (χ1) is 32.3. The van der Waals surface area contributed by atoms with E-state index in [4.69, 9.17) is 9.47 Å². The van der Waals surface area contributed by atoms with Crippen molar-refractivity contribution in [1.29, 1.82) is 0 Å². The lowest BCUT2D eigenvalue weighted by Gasteiger charge is -2.36. The number of hydrogen-bond donors (Lipinski definition) is 1. The van der Waals surface area contributed by atoms with Gasteiger partial charge in [-0.25, -0.2) is 0 Å². The summed E-state index contributed by atoms with van der Waals surface area (Å²) >= 11 is 0. The van der Waals surface area contributed by atoms with Crippen LogP contribution in [0.4, 0.5) is 0 Å². The molecule has 0 spiro atoms. The normalized spacial score (nSPS) is 13.0. The quantitative estimate of drug-likeness (QED) is 0.0483. The van der Waals surface area contributed by atoms with Gasteiger partial charge in [0.05, 0.1) is 13.2 Å². The Balaban J connectivity index is 5.21. The first-order valence-electron chi connectivity index (χ1n) is 29.5. The Bertz CT molecular complexity index is 989. The molecule has 0 aliphatic heterocycles. The average molecular weight is 934 g/mol. The van der Waals surface area contributed by atoms with Crippen molar-refractivity contribution in [3.8, 4) is 0 Å². The van der Waals surface area contributed by atoms with Crippen LogP contribution in [0.15, 0.2) is 0 Å². The molecule has 2 unspecified atom stereocenters. The van der Waals surface area contributed by atoms with E-state index in [1.54, 1.807) is 0 Å². The summed E-state index contributed by atoms with van der Waals surface area (Å²) in [5.74, 6) is 2.01. The Morgan fingerprint density at radius 3 is 1.12 bits per heavy atom. The van der Waals surface area contributed by atoms with Crippen LogP contribution in [0, 0.1) is 17.8 Å². The molecule has 1 N–H and O–H groups in total. The standard InChI is InChI=1S/C59H116N2O5/c1-8-14-20-30-42-54(40-18-12-5)51-65-58(63)47-34-28-24-22-26-32-44-56(61(57(62)46-36-37-49-60-7)50-53(38-16-10-3)39-17-11-4)45-33-27-23-25-29-35-48-59(64)66-52-55(41-19-13-6)43-31-21-15-9-2/h53-56,60H,8-52H2,1-7H3. The minimum atomic E-state index is -0.00522. The topological polar surface area (TPSA) is 84.9 Å². The van der Waals surface area contributed by atoms with Gasteiger partial charge in [-0.1, -0.05) is 208 Å². The molecule has 0 heterocycles. The van der Waals surface area contributed by atoms with Crippen molar-refractivity contribution in [3.63, 3.8) is 0 Å². The molecule has 0 aromatic rings. The number of ether oxygens (including phenoxy) is 2. The molecule has 0 aliphatic rings. The van der Waals surface area contributed by atoms with Gasteiger partial charge in [0.2, 0.25) is 5.91 Å². The summed E-state index contributed by atoms with van der Waals surface area (Å²) in [6.07, 6.45) is 46.6. The molecule has 0 aromatic heterocycles. The highest BCUT2D eigenvalue weighted by molar-refractivity contribution is 5.76. The van der Waals surface area contributed by atoms with E-state index in [-0.39, 0.29) is 11.9 Å². The molecular formula is C59H116N2O5. The first kappa shape index (κ1) is 64.4. The maximum absolute atomic E-state index is 14.2. The predicted octanol–water partition coefficient (Wildman–Crippen LogP) is 17.5. The van der Waals surface area contributed by atoms with Gasteiger partial charge < -0.3 is 19.7 Å². The van der Waals surface area contributed by atoms with E-state index in [1.807, 2.05) is 7.05 Å². The van der Waals surface area contributed by atoms with Crippen molar-refractivity contribution in [1.82, 2.24) is 10.2 Å². The maximum atomic E-state index is 14.2. The van der Waals surface area contributed by atoms with Gasteiger partial charge in [-0.05, 0) is 108 Å². The summed E-state index contributed by atoms with van der Waals surface area (Å²) in [6, 6.07) is 0.317. The lowest BCUT2D eigenvalue weighted by molar-refractivity contribution is -0.146. The van der Waals surface area contributed by atoms with Gasteiger partial charge in [0.15, 0.2) is 0 Å². The summed E-state index contributed by atoms with van der Waals surface area (Å²) in [6.45, 7) is 16.7. The number of hydrogen-bond acceptors (Lipinski definition) is 6. The number of rotatable bonds is 52. The second-order valence-corrected chi connectivity index (χ2v) is 20.8. The number of carbonyl (C=O) groups excluding carboxylic acids is 3. The minimum Gasteiger partial charge on any atom is -0.465 e. The highest BCUT2D eigenvalue weighted by Crippen LogP contribution is 2.26. The molecule has 2 atom stereocenters.